The minimum atomic E-state index is -1.00. The lowest BCUT2D eigenvalue weighted by atomic mass is 10.2. The summed E-state index contributed by atoms with van der Waals surface area (Å²) >= 11 is 5.86. The molecule has 0 aliphatic carbocycles. The normalized spacial score (nSPS) is 10.0. The molecule has 0 bridgehead atoms. The van der Waals surface area contributed by atoms with Crippen molar-refractivity contribution in [2.75, 3.05) is 17.7 Å². The first-order chi connectivity index (χ1) is 11.8. The van der Waals surface area contributed by atoms with Crippen molar-refractivity contribution in [2.45, 2.75) is 6.92 Å². The van der Waals surface area contributed by atoms with Crippen LogP contribution in [0.5, 0.6) is 5.75 Å². The molecule has 2 N–H and O–H groups in total. The van der Waals surface area contributed by atoms with Crippen LogP contribution in [-0.2, 0) is 9.59 Å². The van der Waals surface area contributed by atoms with E-state index in [1.807, 2.05) is 0 Å². The highest BCUT2D eigenvalue weighted by Gasteiger charge is 2.19. The van der Waals surface area contributed by atoms with Gasteiger partial charge in [0.1, 0.15) is 5.75 Å². The molecule has 0 aliphatic heterocycles. The number of carbonyl (C=O) groups excluding carboxylic acids is 2. The Hall–Kier alpha value is -3.13. The zero-order chi connectivity index (χ0) is 18.6. The maximum absolute atomic E-state index is 12.1. The summed E-state index contributed by atoms with van der Waals surface area (Å²) in [5.41, 5.74) is 0.874. The molecule has 25 heavy (non-hydrogen) atoms. The lowest BCUT2D eigenvalue weighted by molar-refractivity contribution is -0.384. The summed E-state index contributed by atoms with van der Waals surface area (Å²) in [6.07, 6.45) is 0. The minimum absolute atomic E-state index is 0.0136. The van der Waals surface area contributed by atoms with Crippen molar-refractivity contribution in [1.29, 1.82) is 0 Å². The number of hydrogen-bond acceptors (Lipinski definition) is 5. The molecular weight excluding hydrogens is 350 g/mol. The fourth-order valence-corrected chi connectivity index (χ4v) is 2.17. The smallest absolute Gasteiger partial charge is 0.314 e. The van der Waals surface area contributed by atoms with Crippen LogP contribution in [0.1, 0.15) is 5.56 Å². The SMILES string of the molecule is COc1ccc([N+](=O)[O-])cc1NC(=O)C(=O)Nc1cc(Cl)ccc1C. The zero-order valence-electron chi connectivity index (χ0n) is 13.3. The van der Waals surface area contributed by atoms with Crippen LogP contribution in [0.4, 0.5) is 17.1 Å². The molecule has 0 fully saturated rings. The summed E-state index contributed by atoms with van der Waals surface area (Å²) in [4.78, 5) is 34.4. The fraction of sp³-hybridized carbons (Fsp3) is 0.125. The summed E-state index contributed by atoms with van der Waals surface area (Å²) < 4.78 is 5.03. The van der Waals surface area contributed by atoms with E-state index in [4.69, 9.17) is 16.3 Å². The standard InChI is InChI=1S/C16H14ClN3O5/c1-9-3-4-10(17)7-12(9)18-15(21)16(22)19-13-8-11(20(23)24)5-6-14(13)25-2/h3-8H,1-2H3,(H,18,21)(H,19,22). The van der Waals surface area contributed by atoms with Crippen LogP contribution < -0.4 is 15.4 Å². The number of nitro groups is 1. The number of hydrogen-bond donors (Lipinski definition) is 2. The quantitative estimate of drug-likeness (QED) is 0.492. The van der Waals surface area contributed by atoms with Crippen LogP contribution in [0, 0.1) is 17.0 Å². The van der Waals surface area contributed by atoms with E-state index in [1.54, 1.807) is 19.1 Å². The number of rotatable bonds is 4. The number of amides is 2. The summed E-state index contributed by atoms with van der Waals surface area (Å²) in [5.74, 6) is -1.76. The predicted octanol–water partition coefficient (Wildman–Crippen LogP) is 3.14. The molecule has 0 spiro atoms. The Morgan fingerprint density at radius 1 is 1.08 bits per heavy atom. The summed E-state index contributed by atoms with van der Waals surface area (Å²) in [6.45, 7) is 1.74. The summed E-state index contributed by atoms with van der Waals surface area (Å²) in [5, 5.41) is 16.0. The number of carbonyl (C=O) groups is 2. The van der Waals surface area contributed by atoms with Crippen LogP contribution >= 0.6 is 11.6 Å². The molecule has 0 radical (unpaired) electrons. The number of non-ortho nitro benzene ring substituents is 1. The molecule has 2 aromatic carbocycles. The number of nitrogens with one attached hydrogen (secondary N) is 2. The van der Waals surface area contributed by atoms with Crippen LogP contribution in [0.25, 0.3) is 0 Å². The van der Waals surface area contributed by atoms with E-state index in [0.717, 1.165) is 11.6 Å². The van der Waals surface area contributed by atoms with Gasteiger partial charge in [-0.1, -0.05) is 17.7 Å². The fourth-order valence-electron chi connectivity index (χ4n) is 1.99. The number of anilines is 2. The number of benzene rings is 2. The van der Waals surface area contributed by atoms with Gasteiger partial charge in [-0.15, -0.1) is 0 Å². The lowest BCUT2D eigenvalue weighted by Crippen LogP contribution is -2.29. The van der Waals surface area contributed by atoms with E-state index in [-0.39, 0.29) is 17.1 Å². The molecule has 0 saturated carbocycles. The molecule has 8 nitrogen and oxygen atoms in total. The van der Waals surface area contributed by atoms with Crippen LogP contribution in [0.15, 0.2) is 36.4 Å². The van der Waals surface area contributed by atoms with E-state index in [2.05, 4.69) is 10.6 Å². The molecule has 9 heteroatoms. The number of halogens is 1. The van der Waals surface area contributed by atoms with E-state index in [0.29, 0.717) is 10.7 Å². The molecule has 0 heterocycles. The van der Waals surface area contributed by atoms with Gasteiger partial charge in [-0.05, 0) is 30.7 Å². The molecular formula is C16H14ClN3O5. The topological polar surface area (TPSA) is 111 Å². The summed E-state index contributed by atoms with van der Waals surface area (Å²) in [6, 6.07) is 8.52. The Morgan fingerprint density at radius 2 is 1.72 bits per heavy atom. The number of ether oxygens (including phenoxy) is 1. The van der Waals surface area contributed by atoms with E-state index >= 15 is 0 Å². The first-order valence-electron chi connectivity index (χ1n) is 7.02. The van der Waals surface area contributed by atoms with Crippen molar-refractivity contribution >= 4 is 40.5 Å². The van der Waals surface area contributed by atoms with Gasteiger partial charge in [-0.25, -0.2) is 0 Å². The third kappa shape index (κ3) is 4.45. The molecule has 0 unspecified atom stereocenters. The zero-order valence-corrected chi connectivity index (χ0v) is 14.1. The second kappa shape index (κ2) is 7.63. The number of nitro benzene ring substituents is 1. The Morgan fingerprint density at radius 3 is 2.32 bits per heavy atom. The lowest BCUT2D eigenvalue weighted by Gasteiger charge is -2.11. The maximum atomic E-state index is 12.1. The van der Waals surface area contributed by atoms with E-state index in [1.165, 1.54) is 25.3 Å². The third-order valence-corrected chi connectivity index (χ3v) is 3.53. The number of methoxy groups -OCH3 is 1. The highest BCUT2D eigenvalue weighted by molar-refractivity contribution is 6.44. The predicted molar refractivity (Wildman–Crippen MR) is 93.1 cm³/mol. The van der Waals surface area contributed by atoms with Crippen LogP contribution in [0.2, 0.25) is 5.02 Å². The van der Waals surface area contributed by atoms with Crippen LogP contribution in [0.3, 0.4) is 0 Å². The van der Waals surface area contributed by atoms with Gasteiger partial charge in [0.25, 0.3) is 5.69 Å². The third-order valence-electron chi connectivity index (χ3n) is 3.30. The van der Waals surface area contributed by atoms with Gasteiger partial charge in [-0.3, -0.25) is 19.7 Å². The van der Waals surface area contributed by atoms with E-state index in [9.17, 15) is 19.7 Å². The monoisotopic (exact) mass is 363 g/mol. The van der Waals surface area contributed by atoms with Crippen molar-refractivity contribution in [1.82, 2.24) is 0 Å². The van der Waals surface area contributed by atoms with Crippen molar-refractivity contribution in [2.24, 2.45) is 0 Å². The van der Waals surface area contributed by atoms with Gasteiger partial charge in [0.15, 0.2) is 0 Å². The van der Waals surface area contributed by atoms with Gasteiger partial charge in [0.2, 0.25) is 0 Å². The number of aryl methyl sites for hydroxylation is 1. The molecule has 2 rings (SSSR count). The van der Waals surface area contributed by atoms with Gasteiger partial charge < -0.3 is 15.4 Å². The Labute approximate surface area is 147 Å². The molecule has 0 saturated heterocycles. The minimum Gasteiger partial charge on any atom is -0.495 e. The number of nitrogens with zero attached hydrogens (tertiary/aromatic N) is 1. The molecule has 2 aromatic rings. The summed E-state index contributed by atoms with van der Waals surface area (Å²) in [7, 11) is 1.34. The molecule has 0 atom stereocenters. The van der Waals surface area contributed by atoms with Crippen molar-refractivity contribution in [3.8, 4) is 5.75 Å². The Bertz CT molecular complexity index is 854. The van der Waals surface area contributed by atoms with Crippen LogP contribution in [-0.4, -0.2) is 23.8 Å². The second-order valence-corrected chi connectivity index (χ2v) is 5.45. The second-order valence-electron chi connectivity index (χ2n) is 5.01. The molecule has 130 valence electrons. The molecule has 2 amide bonds. The van der Waals surface area contributed by atoms with Gasteiger partial charge in [-0.2, -0.15) is 0 Å². The average molecular weight is 364 g/mol. The molecule has 0 aliphatic rings. The Kier molecular flexibility index (Phi) is 5.56. The van der Waals surface area contributed by atoms with Gasteiger partial charge in [0.05, 0.1) is 17.7 Å². The largest absolute Gasteiger partial charge is 0.495 e. The van der Waals surface area contributed by atoms with Gasteiger partial charge >= 0.3 is 11.8 Å². The first-order valence-corrected chi connectivity index (χ1v) is 7.40. The maximum Gasteiger partial charge on any atom is 0.314 e. The van der Waals surface area contributed by atoms with Crippen molar-refractivity contribution in [3.05, 3.63) is 57.1 Å². The van der Waals surface area contributed by atoms with E-state index < -0.39 is 16.7 Å². The van der Waals surface area contributed by atoms with Crippen molar-refractivity contribution < 1.29 is 19.2 Å². The molecule has 0 aromatic heterocycles. The van der Waals surface area contributed by atoms with Crippen molar-refractivity contribution in [3.63, 3.8) is 0 Å². The highest BCUT2D eigenvalue weighted by Crippen LogP contribution is 2.29. The average Bonchev–Trinajstić information content (AvgIpc) is 2.57. The first kappa shape index (κ1) is 18.2. The highest BCUT2D eigenvalue weighted by atomic mass is 35.5. The Balaban J connectivity index is 2.18. The van der Waals surface area contributed by atoms with Gasteiger partial charge in [0, 0.05) is 22.8 Å².